The highest BCUT2D eigenvalue weighted by atomic mass is 35.5. The Morgan fingerprint density at radius 2 is 2.05 bits per heavy atom. The molecule has 0 aliphatic heterocycles. The van der Waals surface area contributed by atoms with Gasteiger partial charge in [-0.15, -0.1) is 11.3 Å². The topological polar surface area (TPSA) is 34.9 Å². The largest absolute Gasteiger partial charge is 0.296 e. The van der Waals surface area contributed by atoms with E-state index in [1.165, 1.54) is 11.3 Å². The van der Waals surface area contributed by atoms with Gasteiger partial charge in [-0.2, -0.15) is 0 Å². The van der Waals surface area contributed by atoms with Crippen molar-refractivity contribution in [3.8, 4) is 16.4 Å². The average molecular weight is 323 g/mol. The number of aromatic nitrogens is 2. The summed E-state index contributed by atoms with van der Waals surface area (Å²) in [7, 11) is 0. The Balaban J connectivity index is 2.02. The van der Waals surface area contributed by atoms with Crippen LogP contribution in [0.3, 0.4) is 0 Å². The van der Waals surface area contributed by atoms with Crippen LogP contribution < -0.4 is 0 Å². The number of rotatable bonds is 3. The number of nitrogens with zero attached hydrogens (tertiary/aromatic N) is 2. The van der Waals surface area contributed by atoms with Crippen LogP contribution >= 0.6 is 34.5 Å². The fourth-order valence-electron chi connectivity index (χ4n) is 1.83. The van der Waals surface area contributed by atoms with E-state index in [4.69, 9.17) is 23.2 Å². The molecule has 3 aromatic rings. The van der Waals surface area contributed by atoms with Crippen molar-refractivity contribution in [2.24, 2.45) is 0 Å². The summed E-state index contributed by atoms with van der Waals surface area (Å²) in [6, 6.07) is 8.93. The zero-order valence-corrected chi connectivity index (χ0v) is 12.4. The molecule has 3 rings (SSSR count). The molecule has 100 valence electrons. The van der Waals surface area contributed by atoms with Crippen LogP contribution in [-0.4, -0.2) is 15.8 Å². The summed E-state index contributed by atoms with van der Waals surface area (Å²) in [6.07, 6.45) is 2.61. The molecular weight excluding hydrogens is 315 g/mol. The molecule has 0 N–H and O–H groups in total. The standard InChI is InChI=1S/C14H8Cl2N2OS/c15-11-4-3-9(6-12(11)16)13-8-20-14(17-13)18-5-1-2-10(18)7-19/h1-8H. The number of carbonyl (C=O) groups is 1. The molecule has 0 aliphatic carbocycles. The van der Waals surface area contributed by atoms with Crippen LogP contribution in [0.15, 0.2) is 41.9 Å². The summed E-state index contributed by atoms with van der Waals surface area (Å²) in [5.74, 6) is 0. The van der Waals surface area contributed by atoms with Crippen LogP contribution in [0.25, 0.3) is 16.4 Å². The zero-order chi connectivity index (χ0) is 14.1. The predicted molar refractivity (Wildman–Crippen MR) is 82.3 cm³/mol. The molecule has 0 saturated heterocycles. The number of hydrogen-bond acceptors (Lipinski definition) is 3. The minimum absolute atomic E-state index is 0.494. The third-order valence-corrected chi connectivity index (χ3v) is 4.39. The zero-order valence-electron chi connectivity index (χ0n) is 10.1. The first-order valence-electron chi connectivity index (χ1n) is 5.73. The highest BCUT2D eigenvalue weighted by molar-refractivity contribution is 7.12. The van der Waals surface area contributed by atoms with Crippen LogP contribution in [0.5, 0.6) is 0 Å². The number of halogens is 2. The van der Waals surface area contributed by atoms with Crippen molar-refractivity contribution < 1.29 is 4.79 Å². The molecule has 0 spiro atoms. The van der Waals surface area contributed by atoms with Gasteiger partial charge in [-0.3, -0.25) is 9.36 Å². The molecule has 2 aromatic heterocycles. The second kappa shape index (κ2) is 5.40. The molecule has 0 amide bonds. The number of thiazole rings is 1. The van der Waals surface area contributed by atoms with Gasteiger partial charge in [0.1, 0.15) is 0 Å². The fourth-order valence-corrected chi connectivity index (χ4v) is 2.96. The maximum Gasteiger partial charge on any atom is 0.194 e. The first kappa shape index (κ1) is 13.4. The Hall–Kier alpha value is -1.62. The first-order valence-corrected chi connectivity index (χ1v) is 7.36. The smallest absolute Gasteiger partial charge is 0.194 e. The van der Waals surface area contributed by atoms with E-state index < -0.39 is 0 Å². The van der Waals surface area contributed by atoms with Crippen LogP contribution in [-0.2, 0) is 0 Å². The van der Waals surface area contributed by atoms with E-state index in [1.54, 1.807) is 29.0 Å². The molecule has 20 heavy (non-hydrogen) atoms. The van der Waals surface area contributed by atoms with Crippen molar-refractivity contribution in [3.63, 3.8) is 0 Å². The molecule has 0 bridgehead atoms. The monoisotopic (exact) mass is 322 g/mol. The molecule has 0 aliphatic rings. The van der Waals surface area contributed by atoms with Gasteiger partial charge in [0.15, 0.2) is 11.4 Å². The second-order valence-corrected chi connectivity index (χ2v) is 5.72. The van der Waals surface area contributed by atoms with Gasteiger partial charge in [0.2, 0.25) is 0 Å². The SMILES string of the molecule is O=Cc1cccn1-c1nc(-c2ccc(Cl)c(Cl)c2)cs1. The maximum atomic E-state index is 10.9. The summed E-state index contributed by atoms with van der Waals surface area (Å²) in [5, 5.41) is 3.66. The van der Waals surface area contributed by atoms with Crippen molar-refractivity contribution in [1.82, 2.24) is 9.55 Å². The number of hydrogen-bond donors (Lipinski definition) is 0. The Morgan fingerprint density at radius 3 is 2.80 bits per heavy atom. The van der Waals surface area contributed by atoms with E-state index in [1.807, 2.05) is 17.5 Å². The Bertz CT molecular complexity index is 779. The lowest BCUT2D eigenvalue weighted by Crippen LogP contribution is -1.96. The normalized spacial score (nSPS) is 10.7. The highest BCUT2D eigenvalue weighted by Crippen LogP contribution is 2.30. The van der Waals surface area contributed by atoms with E-state index in [0.29, 0.717) is 15.7 Å². The van der Waals surface area contributed by atoms with Crippen molar-refractivity contribution >= 4 is 40.8 Å². The number of aldehydes is 1. The molecule has 0 unspecified atom stereocenters. The van der Waals surface area contributed by atoms with E-state index in [2.05, 4.69) is 4.98 Å². The predicted octanol–water partition coefficient (Wildman–Crippen LogP) is 4.72. The van der Waals surface area contributed by atoms with E-state index in [9.17, 15) is 4.79 Å². The van der Waals surface area contributed by atoms with Gasteiger partial charge >= 0.3 is 0 Å². The quantitative estimate of drug-likeness (QED) is 0.654. The Morgan fingerprint density at radius 1 is 1.20 bits per heavy atom. The summed E-state index contributed by atoms with van der Waals surface area (Å²) in [6.45, 7) is 0. The maximum absolute atomic E-state index is 10.9. The number of carbonyl (C=O) groups excluding carboxylic acids is 1. The van der Waals surface area contributed by atoms with Crippen LogP contribution in [0.1, 0.15) is 10.5 Å². The van der Waals surface area contributed by atoms with Gasteiger partial charge in [-0.1, -0.05) is 29.3 Å². The van der Waals surface area contributed by atoms with Crippen molar-refractivity contribution in [2.75, 3.05) is 0 Å². The van der Waals surface area contributed by atoms with Gasteiger partial charge in [-0.05, 0) is 24.3 Å². The lowest BCUT2D eigenvalue weighted by Gasteiger charge is -2.01. The molecule has 0 saturated carbocycles. The number of benzene rings is 1. The van der Waals surface area contributed by atoms with Crippen molar-refractivity contribution in [1.29, 1.82) is 0 Å². The fraction of sp³-hybridized carbons (Fsp3) is 0. The van der Waals surface area contributed by atoms with Crippen LogP contribution in [0.2, 0.25) is 10.0 Å². The molecular formula is C14H8Cl2N2OS. The summed E-state index contributed by atoms with van der Waals surface area (Å²) in [4.78, 5) is 15.5. The molecule has 2 heterocycles. The molecule has 1 aromatic carbocycles. The Kier molecular flexibility index (Phi) is 3.61. The molecule has 6 heteroatoms. The van der Waals surface area contributed by atoms with Crippen LogP contribution in [0, 0.1) is 0 Å². The average Bonchev–Trinajstić information content (AvgIpc) is 3.09. The Labute approximate surface area is 129 Å². The minimum Gasteiger partial charge on any atom is -0.296 e. The summed E-state index contributed by atoms with van der Waals surface area (Å²) < 4.78 is 1.75. The van der Waals surface area contributed by atoms with Crippen molar-refractivity contribution in [3.05, 3.63) is 57.6 Å². The lowest BCUT2D eigenvalue weighted by molar-refractivity contribution is 0.111. The third kappa shape index (κ3) is 2.38. The van der Waals surface area contributed by atoms with Crippen molar-refractivity contribution in [2.45, 2.75) is 0 Å². The lowest BCUT2D eigenvalue weighted by atomic mass is 10.2. The minimum atomic E-state index is 0.494. The molecule has 0 fully saturated rings. The van der Waals surface area contributed by atoms with Gasteiger partial charge in [0.05, 0.1) is 21.4 Å². The van der Waals surface area contributed by atoms with Gasteiger partial charge in [-0.25, -0.2) is 4.98 Å². The van der Waals surface area contributed by atoms with E-state index in [-0.39, 0.29) is 0 Å². The molecule has 3 nitrogen and oxygen atoms in total. The van der Waals surface area contributed by atoms with Gasteiger partial charge in [0.25, 0.3) is 0 Å². The highest BCUT2D eigenvalue weighted by Gasteiger charge is 2.09. The second-order valence-electron chi connectivity index (χ2n) is 4.07. The van der Waals surface area contributed by atoms with Gasteiger partial charge < -0.3 is 0 Å². The summed E-state index contributed by atoms with van der Waals surface area (Å²) in [5.41, 5.74) is 2.26. The third-order valence-electron chi connectivity index (χ3n) is 2.81. The molecule has 0 radical (unpaired) electrons. The van der Waals surface area contributed by atoms with E-state index in [0.717, 1.165) is 22.7 Å². The molecule has 0 atom stereocenters. The van der Waals surface area contributed by atoms with E-state index >= 15 is 0 Å². The summed E-state index contributed by atoms with van der Waals surface area (Å²) >= 11 is 13.4. The van der Waals surface area contributed by atoms with Gasteiger partial charge in [0, 0.05) is 17.1 Å². The van der Waals surface area contributed by atoms with Crippen LogP contribution in [0.4, 0.5) is 0 Å². The first-order chi connectivity index (χ1) is 9.69.